The molecule has 0 radical (unpaired) electrons. The van der Waals surface area contributed by atoms with Gasteiger partial charge in [0.15, 0.2) is 5.78 Å². The van der Waals surface area contributed by atoms with E-state index in [0.29, 0.717) is 17.1 Å². The molecule has 0 aromatic heterocycles. The standard InChI is InChI=1S/C19H20O5/c1-10-17(21)16-14(20)9-15(12-5-7-13(22-3)8-6-12)24-19(16)11(2)18(10)23-4/h5-8,15,21H,9H2,1-4H3. The highest BCUT2D eigenvalue weighted by atomic mass is 16.5. The number of phenols is 1. The summed E-state index contributed by atoms with van der Waals surface area (Å²) < 4.78 is 16.6. The lowest BCUT2D eigenvalue weighted by atomic mass is 9.91. The second-order valence-electron chi connectivity index (χ2n) is 5.84. The molecule has 3 rings (SSSR count). The van der Waals surface area contributed by atoms with E-state index in [1.54, 1.807) is 14.0 Å². The van der Waals surface area contributed by atoms with Gasteiger partial charge in [0.1, 0.15) is 34.7 Å². The second-order valence-corrected chi connectivity index (χ2v) is 5.84. The number of carbonyl (C=O) groups is 1. The monoisotopic (exact) mass is 328 g/mol. The average Bonchev–Trinajstić information content (AvgIpc) is 2.60. The van der Waals surface area contributed by atoms with Crippen LogP contribution in [-0.2, 0) is 0 Å². The Morgan fingerprint density at radius 3 is 2.33 bits per heavy atom. The number of benzene rings is 2. The predicted octanol–water partition coefficient (Wildman–Crippen LogP) is 3.73. The van der Waals surface area contributed by atoms with Gasteiger partial charge in [0.25, 0.3) is 0 Å². The van der Waals surface area contributed by atoms with E-state index < -0.39 is 6.10 Å². The molecule has 0 saturated heterocycles. The van der Waals surface area contributed by atoms with Crippen molar-refractivity contribution in [1.29, 1.82) is 0 Å². The third kappa shape index (κ3) is 2.46. The molecule has 2 aromatic rings. The SMILES string of the molecule is COc1ccc(C2CC(=O)c3c(O)c(C)c(OC)c(C)c3O2)cc1. The number of hydrogen-bond acceptors (Lipinski definition) is 5. The summed E-state index contributed by atoms with van der Waals surface area (Å²) in [5.74, 6) is 1.47. The summed E-state index contributed by atoms with van der Waals surface area (Å²) in [7, 11) is 3.14. The smallest absolute Gasteiger partial charge is 0.174 e. The summed E-state index contributed by atoms with van der Waals surface area (Å²) in [6.45, 7) is 3.55. The summed E-state index contributed by atoms with van der Waals surface area (Å²) in [5, 5.41) is 10.4. The van der Waals surface area contributed by atoms with Gasteiger partial charge in [-0.1, -0.05) is 12.1 Å². The van der Waals surface area contributed by atoms with E-state index >= 15 is 0 Å². The van der Waals surface area contributed by atoms with Crippen LogP contribution in [0.5, 0.6) is 23.0 Å². The molecule has 0 spiro atoms. The lowest BCUT2D eigenvalue weighted by Gasteiger charge is -2.29. The molecule has 0 bridgehead atoms. The van der Waals surface area contributed by atoms with Crippen LogP contribution in [0.15, 0.2) is 24.3 Å². The van der Waals surface area contributed by atoms with E-state index in [1.165, 1.54) is 7.11 Å². The molecule has 1 N–H and O–H groups in total. The van der Waals surface area contributed by atoms with Gasteiger partial charge in [0.2, 0.25) is 0 Å². The number of fused-ring (bicyclic) bond motifs is 1. The highest BCUT2D eigenvalue weighted by molar-refractivity contribution is 6.03. The van der Waals surface area contributed by atoms with Crippen LogP contribution < -0.4 is 14.2 Å². The lowest BCUT2D eigenvalue weighted by molar-refractivity contribution is 0.0842. The van der Waals surface area contributed by atoms with Crippen LogP contribution in [-0.4, -0.2) is 25.1 Å². The van der Waals surface area contributed by atoms with Crippen LogP contribution in [0, 0.1) is 13.8 Å². The van der Waals surface area contributed by atoms with E-state index in [0.717, 1.165) is 16.9 Å². The fourth-order valence-electron chi connectivity index (χ4n) is 3.15. The van der Waals surface area contributed by atoms with Crippen molar-refractivity contribution in [2.75, 3.05) is 14.2 Å². The molecule has 0 saturated carbocycles. The molecule has 0 aliphatic carbocycles. The summed E-state index contributed by atoms with van der Waals surface area (Å²) in [6.07, 6.45) is -0.223. The van der Waals surface area contributed by atoms with Crippen molar-refractivity contribution in [3.63, 3.8) is 0 Å². The summed E-state index contributed by atoms with van der Waals surface area (Å²) in [6, 6.07) is 7.42. The molecule has 1 unspecified atom stereocenters. The fraction of sp³-hybridized carbons (Fsp3) is 0.316. The summed E-state index contributed by atoms with van der Waals surface area (Å²) in [4.78, 5) is 12.6. The third-order valence-electron chi connectivity index (χ3n) is 4.44. The van der Waals surface area contributed by atoms with Gasteiger partial charge in [-0.15, -0.1) is 0 Å². The van der Waals surface area contributed by atoms with Gasteiger partial charge in [-0.25, -0.2) is 0 Å². The Bertz CT molecular complexity index is 793. The van der Waals surface area contributed by atoms with E-state index in [1.807, 2.05) is 31.2 Å². The predicted molar refractivity (Wildman–Crippen MR) is 89.4 cm³/mol. The summed E-state index contributed by atoms with van der Waals surface area (Å²) in [5.41, 5.74) is 2.40. The summed E-state index contributed by atoms with van der Waals surface area (Å²) >= 11 is 0. The molecule has 0 amide bonds. The van der Waals surface area contributed by atoms with Crippen molar-refractivity contribution >= 4 is 5.78 Å². The molecule has 24 heavy (non-hydrogen) atoms. The Hall–Kier alpha value is -2.69. The number of phenolic OH excluding ortho intramolecular Hbond substituents is 1. The number of hydrogen-bond donors (Lipinski definition) is 1. The lowest BCUT2D eigenvalue weighted by Crippen LogP contribution is -2.22. The van der Waals surface area contributed by atoms with Crippen LogP contribution in [0.4, 0.5) is 0 Å². The normalized spacial score (nSPS) is 16.3. The molecule has 2 aromatic carbocycles. The number of aromatic hydroxyl groups is 1. The van der Waals surface area contributed by atoms with Crippen LogP contribution >= 0.6 is 0 Å². The zero-order valence-electron chi connectivity index (χ0n) is 14.2. The number of rotatable bonds is 3. The van der Waals surface area contributed by atoms with Crippen LogP contribution in [0.1, 0.15) is 39.6 Å². The van der Waals surface area contributed by atoms with Crippen molar-refractivity contribution in [2.24, 2.45) is 0 Å². The topological polar surface area (TPSA) is 65.0 Å². The number of methoxy groups -OCH3 is 2. The van der Waals surface area contributed by atoms with Crippen molar-refractivity contribution in [1.82, 2.24) is 0 Å². The quantitative estimate of drug-likeness (QED) is 0.930. The molecule has 5 heteroatoms. The first-order valence-electron chi connectivity index (χ1n) is 7.71. The second kappa shape index (κ2) is 6.07. The van der Waals surface area contributed by atoms with E-state index in [4.69, 9.17) is 14.2 Å². The minimum atomic E-state index is -0.401. The number of carbonyl (C=O) groups excluding carboxylic acids is 1. The van der Waals surface area contributed by atoms with E-state index in [9.17, 15) is 9.90 Å². The number of ether oxygens (including phenoxy) is 3. The molecular weight excluding hydrogens is 308 g/mol. The molecule has 126 valence electrons. The van der Waals surface area contributed by atoms with Crippen molar-refractivity contribution in [3.8, 4) is 23.0 Å². The first kappa shape index (κ1) is 16.2. The molecule has 0 fully saturated rings. The van der Waals surface area contributed by atoms with Crippen LogP contribution in [0.2, 0.25) is 0 Å². The minimum absolute atomic E-state index is 0.0642. The molecule has 1 aliphatic heterocycles. The Labute approximate surface area is 140 Å². The maximum Gasteiger partial charge on any atom is 0.174 e. The highest BCUT2D eigenvalue weighted by Gasteiger charge is 2.34. The maximum absolute atomic E-state index is 12.6. The number of Topliss-reactive ketones (excluding diaryl/α,β-unsaturated/α-hetero) is 1. The zero-order chi connectivity index (χ0) is 17.4. The first-order chi connectivity index (χ1) is 11.5. The minimum Gasteiger partial charge on any atom is -0.507 e. The Morgan fingerprint density at radius 2 is 1.75 bits per heavy atom. The van der Waals surface area contributed by atoms with Crippen molar-refractivity contribution in [2.45, 2.75) is 26.4 Å². The van der Waals surface area contributed by atoms with Gasteiger partial charge in [-0.3, -0.25) is 4.79 Å². The van der Waals surface area contributed by atoms with Gasteiger partial charge in [0.05, 0.1) is 20.6 Å². The van der Waals surface area contributed by atoms with Gasteiger partial charge in [0, 0.05) is 11.1 Å². The molecule has 1 atom stereocenters. The van der Waals surface area contributed by atoms with Gasteiger partial charge in [-0.2, -0.15) is 0 Å². The molecule has 1 aliphatic rings. The van der Waals surface area contributed by atoms with Crippen LogP contribution in [0.25, 0.3) is 0 Å². The van der Waals surface area contributed by atoms with Gasteiger partial charge >= 0.3 is 0 Å². The Morgan fingerprint density at radius 1 is 1.08 bits per heavy atom. The number of ketones is 1. The highest BCUT2D eigenvalue weighted by Crippen LogP contribution is 2.47. The van der Waals surface area contributed by atoms with E-state index in [-0.39, 0.29) is 23.5 Å². The molecule has 1 heterocycles. The fourth-order valence-corrected chi connectivity index (χ4v) is 3.15. The zero-order valence-corrected chi connectivity index (χ0v) is 14.2. The Balaban J connectivity index is 2.06. The van der Waals surface area contributed by atoms with Gasteiger partial charge in [-0.05, 0) is 31.5 Å². The molecule has 5 nitrogen and oxygen atoms in total. The average molecular weight is 328 g/mol. The van der Waals surface area contributed by atoms with E-state index in [2.05, 4.69) is 0 Å². The third-order valence-corrected chi connectivity index (χ3v) is 4.44. The first-order valence-corrected chi connectivity index (χ1v) is 7.71. The van der Waals surface area contributed by atoms with Crippen molar-refractivity contribution in [3.05, 3.63) is 46.5 Å². The van der Waals surface area contributed by atoms with Gasteiger partial charge < -0.3 is 19.3 Å². The largest absolute Gasteiger partial charge is 0.507 e. The molecular formula is C19H20O5. The van der Waals surface area contributed by atoms with Crippen molar-refractivity contribution < 1.29 is 24.1 Å². The maximum atomic E-state index is 12.6. The van der Waals surface area contributed by atoms with Crippen LogP contribution in [0.3, 0.4) is 0 Å². The Kier molecular flexibility index (Phi) is 4.09.